The van der Waals surface area contributed by atoms with E-state index in [4.69, 9.17) is 25.6 Å². The number of anilines is 1. The number of rotatable bonds is 2. The normalized spacial score (nSPS) is 18.3. The molecule has 1 saturated heterocycles. The second kappa shape index (κ2) is 8.41. The van der Waals surface area contributed by atoms with Gasteiger partial charge in [0.15, 0.2) is 5.75 Å². The fraction of sp³-hybridized carbons (Fsp3) is 0.562. The number of ether oxygens (including phenoxy) is 2. The molecule has 3 N–H and O–H groups in total. The lowest BCUT2D eigenvalue weighted by molar-refractivity contribution is -0.147. The molecule has 0 aliphatic carbocycles. The van der Waals surface area contributed by atoms with Crippen LogP contribution in [0.1, 0.15) is 36.9 Å². The summed E-state index contributed by atoms with van der Waals surface area (Å²) in [6, 6.07) is 1.72. The van der Waals surface area contributed by atoms with Crippen LogP contribution < -0.4 is 10.5 Å². The lowest BCUT2D eigenvalue weighted by Crippen LogP contribution is -2.21. The van der Waals surface area contributed by atoms with Gasteiger partial charge >= 0.3 is 6.18 Å². The third-order valence-corrected chi connectivity index (χ3v) is 4.05. The Morgan fingerprint density at radius 3 is 2.67 bits per heavy atom. The molecule has 2 aromatic heterocycles. The van der Waals surface area contributed by atoms with E-state index in [1.165, 1.54) is 13.3 Å². The van der Waals surface area contributed by atoms with Crippen LogP contribution in [0, 0.1) is 11.3 Å². The van der Waals surface area contributed by atoms with Gasteiger partial charge in [0.05, 0.1) is 37.6 Å². The molecule has 0 aromatic carbocycles. The molecule has 8 nitrogen and oxygen atoms in total. The highest BCUT2D eigenvalue weighted by Gasteiger charge is 2.42. The number of nitrogen functional groups attached to an aromatic ring is 1. The van der Waals surface area contributed by atoms with Crippen molar-refractivity contribution in [3.05, 3.63) is 17.5 Å². The largest absolute Gasteiger partial charge is 0.493 e. The minimum atomic E-state index is -4.52. The molecule has 0 radical (unpaired) electrons. The van der Waals surface area contributed by atoms with Crippen molar-refractivity contribution in [3.8, 4) is 11.8 Å². The Morgan fingerprint density at radius 2 is 2.22 bits per heavy atom. The highest BCUT2D eigenvalue weighted by Crippen LogP contribution is 2.40. The molecule has 1 aliphatic heterocycles. The highest BCUT2D eigenvalue weighted by atomic mass is 19.4. The number of aliphatic hydroxyl groups is 1. The second-order valence-corrected chi connectivity index (χ2v) is 5.95. The van der Waals surface area contributed by atoms with E-state index >= 15 is 0 Å². The van der Waals surface area contributed by atoms with Gasteiger partial charge in [-0.1, -0.05) is 0 Å². The number of nitrogens with zero attached hydrogens (tertiary/aromatic N) is 4. The molecule has 1 aliphatic rings. The number of nitriles is 1. The molecule has 3 rings (SSSR count). The van der Waals surface area contributed by atoms with Gasteiger partial charge in [0.2, 0.25) is 5.95 Å². The van der Waals surface area contributed by atoms with Crippen LogP contribution in [0.3, 0.4) is 0 Å². The fourth-order valence-corrected chi connectivity index (χ4v) is 2.65. The maximum atomic E-state index is 13.0. The van der Waals surface area contributed by atoms with Crippen LogP contribution in [0.2, 0.25) is 0 Å². The van der Waals surface area contributed by atoms with Gasteiger partial charge in [0.1, 0.15) is 17.1 Å². The Bertz CT molecular complexity index is 825. The molecule has 148 valence electrons. The first-order valence-corrected chi connectivity index (χ1v) is 8.14. The predicted octanol–water partition coefficient (Wildman–Crippen LogP) is 2.02. The number of aliphatic hydroxyl groups excluding tert-OH is 1. The summed E-state index contributed by atoms with van der Waals surface area (Å²) in [6.07, 6.45) is -1.56. The van der Waals surface area contributed by atoms with Crippen LogP contribution >= 0.6 is 0 Å². The topological polar surface area (TPSA) is 119 Å². The van der Waals surface area contributed by atoms with Crippen LogP contribution in [-0.2, 0) is 4.74 Å². The number of nitrogens with two attached hydrogens (primary N) is 1. The molecule has 2 unspecified atom stereocenters. The summed E-state index contributed by atoms with van der Waals surface area (Å²) >= 11 is 0. The molecule has 0 saturated carbocycles. The molecule has 11 heteroatoms. The first-order valence-electron chi connectivity index (χ1n) is 8.14. The average Bonchev–Trinajstić information content (AvgIpc) is 2.93. The van der Waals surface area contributed by atoms with Crippen molar-refractivity contribution in [2.24, 2.45) is 0 Å². The van der Waals surface area contributed by atoms with Crippen LogP contribution in [0.25, 0.3) is 5.52 Å². The summed E-state index contributed by atoms with van der Waals surface area (Å²) in [5, 5.41) is 21.6. The van der Waals surface area contributed by atoms with E-state index in [9.17, 15) is 13.2 Å². The lowest BCUT2D eigenvalue weighted by atomic mass is 10.0. The van der Waals surface area contributed by atoms with Crippen molar-refractivity contribution >= 4 is 11.5 Å². The Morgan fingerprint density at radius 1 is 1.52 bits per heavy atom. The van der Waals surface area contributed by atoms with Gasteiger partial charge in [-0.05, 0) is 19.8 Å². The monoisotopic (exact) mass is 387 g/mol. The van der Waals surface area contributed by atoms with E-state index < -0.39 is 12.1 Å². The summed E-state index contributed by atoms with van der Waals surface area (Å²) in [6.45, 7) is 2.32. The Kier molecular flexibility index (Phi) is 6.45. The zero-order chi connectivity index (χ0) is 20.2. The minimum Gasteiger partial charge on any atom is -0.493 e. The number of halogens is 3. The fourth-order valence-electron chi connectivity index (χ4n) is 2.65. The van der Waals surface area contributed by atoms with E-state index in [1.54, 1.807) is 6.07 Å². The van der Waals surface area contributed by atoms with Gasteiger partial charge < -0.3 is 20.3 Å². The van der Waals surface area contributed by atoms with Gasteiger partial charge in [-0.2, -0.15) is 18.4 Å². The van der Waals surface area contributed by atoms with E-state index in [0.29, 0.717) is 6.61 Å². The van der Waals surface area contributed by atoms with Crippen molar-refractivity contribution in [1.82, 2.24) is 14.6 Å². The molecule has 1 fully saturated rings. The van der Waals surface area contributed by atoms with Gasteiger partial charge in [-0.25, -0.2) is 9.50 Å². The zero-order valence-electron chi connectivity index (χ0n) is 14.8. The molecule has 0 bridgehead atoms. The molecular formula is C16H20F3N5O3. The molecule has 27 heavy (non-hydrogen) atoms. The van der Waals surface area contributed by atoms with Crippen LogP contribution in [-0.4, -0.2) is 52.3 Å². The predicted molar refractivity (Wildman–Crippen MR) is 89.2 cm³/mol. The Balaban J connectivity index is 0.000000313. The number of fused-ring (bicyclic) bond motifs is 1. The number of hydrogen-bond donors (Lipinski definition) is 2. The standard InChI is InChI=1S/C11H10F3N5O.C5H10O2/c1-5(11(12,13)14)8-6(3-15)9(20-2)7-4-17-10(16)18-19(7)8;6-5-2-1-3-7-4-5/h4-5H,1-2H3,(H2,16,18);5-6H,1-4H2. The van der Waals surface area contributed by atoms with Crippen molar-refractivity contribution in [2.75, 3.05) is 26.1 Å². The Hall–Kier alpha value is -2.58. The quantitative estimate of drug-likeness (QED) is 0.809. The summed E-state index contributed by atoms with van der Waals surface area (Å²) in [4.78, 5) is 3.70. The lowest BCUT2D eigenvalue weighted by Gasteiger charge is -2.15. The molecule has 3 heterocycles. The average molecular weight is 387 g/mol. The molecule has 0 amide bonds. The van der Waals surface area contributed by atoms with Crippen molar-refractivity contribution in [2.45, 2.75) is 38.0 Å². The first kappa shape index (κ1) is 20.7. The van der Waals surface area contributed by atoms with Crippen molar-refractivity contribution in [3.63, 3.8) is 0 Å². The van der Waals surface area contributed by atoms with E-state index in [0.717, 1.165) is 30.9 Å². The summed E-state index contributed by atoms with van der Waals surface area (Å²) in [7, 11) is 1.26. The summed E-state index contributed by atoms with van der Waals surface area (Å²) < 4.78 is 49.8. The van der Waals surface area contributed by atoms with Crippen LogP contribution in [0.4, 0.5) is 19.1 Å². The van der Waals surface area contributed by atoms with Gasteiger partial charge in [0.25, 0.3) is 0 Å². The molecular weight excluding hydrogens is 367 g/mol. The molecule has 0 spiro atoms. The SMILES string of the molecule is COc1c(C#N)c(C(C)C(F)(F)F)n2nc(N)ncc12.OC1CCCOC1. The number of aromatic nitrogens is 3. The van der Waals surface area contributed by atoms with Gasteiger partial charge in [0, 0.05) is 6.61 Å². The maximum Gasteiger partial charge on any atom is 0.397 e. The van der Waals surface area contributed by atoms with Crippen LogP contribution in [0.15, 0.2) is 6.20 Å². The van der Waals surface area contributed by atoms with E-state index in [1.807, 2.05) is 0 Å². The number of methoxy groups -OCH3 is 1. The molecule has 2 atom stereocenters. The van der Waals surface area contributed by atoms with Gasteiger partial charge in [-0.15, -0.1) is 5.10 Å². The van der Waals surface area contributed by atoms with Crippen molar-refractivity contribution < 1.29 is 27.8 Å². The minimum absolute atomic E-state index is 0.00130. The van der Waals surface area contributed by atoms with Gasteiger partial charge in [-0.3, -0.25) is 0 Å². The maximum absolute atomic E-state index is 13.0. The third-order valence-electron chi connectivity index (χ3n) is 4.05. The number of hydrogen-bond acceptors (Lipinski definition) is 7. The highest BCUT2D eigenvalue weighted by molar-refractivity contribution is 5.70. The van der Waals surface area contributed by atoms with Crippen LogP contribution in [0.5, 0.6) is 5.75 Å². The smallest absolute Gasteiger partial charge is 0.397 e. The Labute approximate surface area is 153 Å². The number of alkyl halides is 3. The zero-order valence-corrected chi connectivity index (χ0v) is 14.8. The van der Waals surface area contributed by atoms with E-state index in [2.05, 4.69) is 10.1 Å². The second-order valence-electron chi connectivity index (χ2n) is 5.95. The summed E-state index contributed by atoms with van der Waals surface area (Å²) in [5.74, 6) is -2.10. The first-order chi connectivity index (χ1) is 12.7. The van der Waals surface area contributed by atoms with Crippen molar-refractivity contribution in [1.29, 1.82) is 5.26 Å². The molecule has 2 aromatic rings. The summed E-state index contributed by atoms with van der Waals surface area (Å²) in [5.41, 5.74) is 5.01. The third kappa shape index (κ3) is 4.58. The van der Waals surface area contributed by atoms with E-state index in [-0.39, 0.29) is 34.6 Å².